The van der Waals surface area contributed by atoms with Gasteiger partial charge in [0.15, 0.2) is 12.8 Å². The molecular formula is C10H17N3O3. The van der Waals surface area contributed by atoms with E-state index in [9.17, 15) is 0 Å². The van der Waals surface area contributed by atoms with Gasteiger partial charge in [-0.2, -0.15) is 0 Å². The zero-order valence-corrected chi connectivity index (χ0v) is 9.77. The molecule has 90 valence electrons. The minimum Gasteiger partial charge on any atom is -0.394 e. The molecule has 0 bridgehead atoms. The Kier molecular flexibility index (Phi) is 9.76. The molecule has 0 aliphatic carbocycles. The highest BCUT2D eigenvalue weighted by atomic mass is 16.6. The van der Waals surface area contributed by atoms with E-state index in [1.165, 1.54) is 0 Å². The largest absolute Gasteiger partial charge is 0.394 e. The van der Waals surface area contributed by atoms with Crippen LogP contribution in [0.25, 0.3) is 0 Å². The number of aromatic nitrogens is 1. The van der Waals surface area contributed by atoms with Crippen molar-refractivity contribution in [2.45, 2.75) is 26.7 Å². The molecule has 0 aromatic carbocycles. The number of nitrogen functional groups attached to an aromatic ring is 1. The van der Waals surface area contributed by atoms with Gasteiger partial charge in [0.25, 0.3) is 0 Å². The minimum atomic E-state index is -0.500. The van der Waals surface area contributed by atoms with E-state index in [-0.39, 0.29) is 0 Å². The predicted octanol–water partition coefficient (Wildman–Crippen LogP) is 1.66. The summed E-state index contributed by atoms with van der Waals surface area (Å²) < 4.78 is 4.96. The lowest BCUT2D eigenvalue weighted by molar-refractivity contribution is -0.445. The second-order valence-electron chi connectivity index (χ2n) is 2.79. The zero-order valence-electron chi connectivity index (χ0n) is 9.77. The van der Waals surface area contributed by atoms with Crippen molar-refractivity contribution in [3.05, 3.63) is 21.6 Å². The van der Waals surface area contributed by atoms with Gasteiger partial charge in [0, 0.05) is 11.3 Å². The fourth-order valence-corrected chi connectivity index (χ4v) is 0.831. The summed E-state index contributed by atoms with van der Waals surface area (Å²) in [5, 5.41) is 12.5. The van der Waals surface area contributed by atoms with Crippen molar-refractivity contribution >= 4 is 5.69 Å². The highest BCUT2D eigenvalue weighted by Crippen LogP contribution is 2.16. The Hall–Kier alpha value is -2.03. The van der Waals surface area contributed by atoms with E-state index >= 15 is 0 Å². The highest BCUT2D eigenvalue weighted by Gasteiger charge is 2.06. The summed E-state index contributed by atoms with van der Waals surface area (Å²) in [6.45, 7) is 3.93. The molecule has 0 saturated heterocycles. The first-order valence-corrected chi connectivity index (χ1v) is 4.61. The molecule has 6 heteroatoms. The first-order valence-electron chi connectivity index (χ1n) is 4.61. The van der Waals surface area contributed by atoms with Gasteiger partial charge in [-0.25, -0.2) is 0 Å². The zero-order chi connectivity index (χ0) is 13.1. The Balaban J connectivity index is 0. The predicted molar refractivity (Wildman–Crippen MR) is 62.5 cm³/mol. The topological polar surface area (TPSA) is 95.2 Å². The fraction of sp³-hybridized carbons (Fsp3) is 0.500. The van der Waals surface area contributed by atoms with Crippen molar-refractivity contribution in [1.82, 2.24) is 5.16 Å². The number of nitrogens with two attached hydrogens (primary N) is 1. The summed E-state index contributed by atoms with van der Waals surface area (Å²) in [5.74, 6) is 0.819. The van der Waals surface area contributed by atoms with E-state index in [2.05, 4.69) is 24.9 Å². The third-order valence-electron chi connectivity index (χ3n) is 1.46. The summed E-state index contributed by atoms with van der Waals surface area (Å²) in [6, 6.07) is 0. The molecule has 2 N–H and O–H groups in total. The number of nitro groups is 1. The molecule has 0 unspecified atom stereocenters. The maximum absolute atomic E-state index is 8.81. The lowest BCUT2D eigenvalue weighted by Crippen LogP contribution is -1.90. The number of hydrogen-bond donors (Lipinski definition) is 1. The molecule has 1 heterocycles. The van der Waals surface area contributed by atoms with Crippen LogP contribution in [0.1, 0.15) is 24.8 Å². The standard InChI is InChI=1S/C7H12N2O.C2H2.CH3NO2/c1-3-4-6-7(8)5(2)9-10-6;1-2;1-2(3)4/h3-4,8H2,1-2H3;1-2H;1H3. The van der Waals surface area contributed by atoms with Crippen LogP contribution in [0, 0.1) is 29.9 Å². The molecule has 0 saturated carbocycles. The molecule has 6 nitrogen and oxygen atoms in total. The lowest BCUT2D eigenvalue weighted by atomic mass is 10.2. The summed E-state index contributed by atoms with van der Waals surface area (Å²) in [7, 11) is 0.889. The van der Waals surface area contributed by atoms with Crippen molar-refractivity contribution in [1.29, 1.82) is 0 Å². The Morgan fingerprint density at radius 3 is 2.25 bits per heavy atom. The SMILES string of the molecule is C#C.CCCc1onc(C)c1N.C[N+](=O)[O-]. The molecule has 1 aromatic heterocycles. The molecule has 0 amide bonds. The van der Waals surface area contributed by atoms with Crippen LogP contribution < -0.4 is 5.73 Å². The molecule has 0 spiro atoms. The van der Waals surface area contributed by atoms with Gasteiger partial charge < -0.3 is 10.3 Å². The molecule has 0 aliphatic heterocycles. The quantitative estimate of drug-likeness (QED) is 0.471. The summed E-state index contributed by atoms with van der Waals surface area (Å²) >= 11 is 0. The van der Waals surface area contributed by atoms with Gasteiger partial charge in [-0.15, -0.1) is 12.8 Å². The average molecular weight is 227 g/mol. The maximum atomic E-state index is 8.81. The Morgan fingerprint density at radius 2 is 2.00 bits per heavy atom. The Labute approximate surface area is 95.0 Å². The van der Waals surface area contributed by atoms with Crippen LogP contribution in [0.3, 0.4) is 0 Å². The van der Waals surface area contributed by atoms with E-state index in [0.717, 1.165) is 31.3 Å². The van der Waals surface area contributed by atoms with Crippen LogP contribution in [-0.2, 0) is 6.42 Å². The van der Waals surface area contributed by atoms with Crippen molar-refractivity contribution in [2.75, 3.05) is 12.8 Å². The monoisotopic (exact) mass is 227 g/mol. The van der Waals surface area contributed by atoms with Crippen LogP contribution in [0.2, 0.25) is 0 Å². The van der Waals surface area contributed by atoms with Gasteiger partial charge in [0.2, 0.25) is 0 Å². The van der Waals surface area contributed by atoms with Crippen LogP contribution in [0.5, 0.6) is 0 Å². The van der Waals surface area contributed by atoms with E-state index in [1.54, 1.807) is 0 Å². The molecule has 0 fully saturated rings. The molecule has 1 rings (SSSR count). The smallest absolute Gasteiger partial charge is 0.194 e. The Morgan fingerprint density at radius 1 is 1.56 bits per heavy atom. The van der Waals surface area contributed by atoms with E-state index in [4.69, 9.17) is 20.4 Å². The van der Waals surface area contributed by atoms with Gasteiger partial charge in [0.05, 0.1) is 5.69 Å². The van der Waals surface area contributed by atoms with Gasteiger partial charge in [-0.05, 0) is 13.3 Å². The van der Waals surface area contributed by atoms with Crippen molar-refractivity contribution < 1.29 is 9.45 Å². The molecule has 16 heavy (non-hydrogen) atoms. The fourth-order valence-electron chi connectivity index (χ4n) is 0.831. The van der Waals surface area contributed by atoms with Crippen LogP contribution >= 0.6 is 0 Å². The summed E-state index contributed by atoms with van der Waals surface area (Å²) in [4.78, 5) is 8.31. The number of aryl methyl sites for hydroxylation is 2. The third-order valence-corrected chi connectivity index (χ3v) is 1.46. The lowest BCUT2D eigenvalue weighted by Gasteiger charge is -1.90. The number of terminal acetylenes is 1. The van der Waals surface area contributed by atoms with Crippen LogP contribution in [0.4, 0.5) is 5.69 Å². The van der Waals surface area contributed by atoms with Gasteiger partial charge >= 0.3 is 0 Å². The number of rotatable bonds is 2. The molecule has 1 aromatic rings. The summed E-state index contributed by atoms with van der Waals surface area (Å²) in [5.41, 5.74) is 7.14. The van der Waals surface area contributed by atoms with Crippen molar-refractivity contribution in [2.24, 2.45) is 0 Å². The minimum absolute atomic E-state index is 0.500. The van der Waals surface area contributed by atoms with Crippen molar-refractivity contribution in [3.8, 4) is 12.8 Å². The first-order chi connectivity index (χ1) is 7.49. The number of hydrogen-bond acceptors (Lipinski definition) is 5. The van der Waals surface area contributed by atoms with E-state index in [1.807, 2.05) is 6.92 Å². The molecule has 0 atom stereocenters. The average Bonchev–Trinajstić information content (AvgIpc) is 2.53. The molecular weight excluding hydrogens is 210 g/mol. The first kappa shape index (κ1) is 16.4. The maximum Gasteiger partial charge on any atom is 0.194 e. The normalized spacial score (nSPS) is 8.06. The Bertz CT molecular complexity index is 327. The number of anilines is 1. The van der Waals surface area contributed by atoms with Gasteiger partial charge in [-0.3, -0.25) is 10.1 Å². The van der Waals surface area contributed by atoms with E-state index < -0.39 is 4.92 Å². The van der Waals surface area contributed by atoms with E-state index in [0.29, 0.717) is 5.69 Å². The van der Waals surface area contributed by atoms with Crippen LogP contribution in [0.15, 0.2) is 4.52 Å². The third kappa shape index (κ3) is 7.38. The van der Waals surface area contributed by atoms with Gasteiger partial charge in [-0.1, -0.05) is 12.1 Å². The highest BCUT2D eigenvalue weighted by molar-refractivity contribution is 5.45. The molecule has 0 aliphatic rings. The number of nitrogens with zero attached hydrogens (tertiary/aromatic N) is 2. The second kappa shape index (κ2) is 9.52. The van der Waals surface area contributed by atoms with Crippen LogP contribution in [-0.4, -0.2) is 17.1 Å². The second-order valence-corrected chi connectivity index (χ2v) is 2.79. The van der Waals surface area contributed by atoms with Gasteiger partial charge in [0.1, 0.15) is 5.69 Å². The summed E-state index contributed by atoms with van der Waals surface area (Å²) in [6.07, 6.45) is 9.92. The van der Waals surface area contributed by atoms with Crippen molar-refractivity contribution in [3.63, 3.8) is 0 Å². The molecule has 0 radical (unpaired) electrons.